The molecule has 0 aliphatic heterocycles. The maximum atomic E-state index is 12.0. The average molecular weight is 386 g/mol. The van der Waals surface area contributed by atoms with Gasteiger partial charge in [0.25, 0.3) is 0 Å². The molecule has 0 fully saturated rings. The molecule has 1 aromatic carbocycles. The SMILES string of the molecule is CNc1cc(-c2cc(OC(=O)NCc3ccc(Cl)cc3)c(=O)[nH]n2)ccn1. The molecule has 3 N–H and O–H groups in total. The average Bonchev–Trinajstić information content (AvgIpc) is 2.69. The van der Waals surface area contributed by atoms with Crippen molar-refractivity contribution in [3.63, 3.8) is 0 Å². The van der Waals surface area contributed by atoms with E-state index in [-0.39, 0.29) is 12.3 Å². The summed E-state index contributed by atoms with van der Waals surface area (Å²) in [6.07, 6.45) is 0.853. The fraction of sp³-hybridized carbons (Fsp3) is 0.111. The molecule has 0 atom stereocenters. The summed E-state index contributed by atoms with van der Waals surface area (Å²) in [6.45, 7) is 0.238. The van der Waals surface area contributed by atoms with Crippen LogP contribution in [0.3, 0.4) is 0 Å². The van der Waals surface area contributed by atoms with E-state index in [9.17, 15) is 9.59 Å². The van der Waals surface area contributed by atoms with Crippen LogP contribution in [-0.4, -0.2) is 28.3 Å². The van der Waals surface area contributed by atoms with Gasteiger partial charge < -0.3 is 15.4 Å². The number of aromatic amines is 1. The van der Waals surface area contributed by atoms with Crippen LogP contribution in [0.25, 0.3) is 11.3 Å². The number of carbonyl (C=O) groups excluding carboxylic acids is 1. The third-order valence-corrected chi connectivity index (χ3v) is 3.89. The number of aromatic nitrogens is 3. The zero-order chi connectivity index (χ0) is 19.2. The Morgan fingerprint density at radius 3 is 2.74 bits per heavy atom. The molecule has 2 aromatic heterocycles. The molecule has 0 saturated carbocycles. The summed E-state index contributed by atoms with van der Waals surface area (Å²) in [4.78, 5) is 28.0. The fourth-order valence-corrected chi connectivity index (χ4v) is 2.38. The van der Waals surface area contributed by atoms with Crippen LogP contribution in [-0.2, 0) is 6.54 Å². The summed E-state index contributed by atoms with van der Waals surface area (Å²) in [5, 5.41) is 12.4. The number of H-pyrrole nitrogens is 1. The first-order valence-corrected chi connectivity index (χ1v) is 8.37. The van der Waals surface area contributed by atoms with Crippen molar-refractivity contribution in [3.8, 4) is 17.0 Å². The molecule has 3 aromatic rings. The largest absolute Gasteiger partial charge is 0.413 e. The van der Waals surface area contributed by atoms with Gasteiger partial charge in [0.1, 0.15) is 5.82 Å². The van der Waals surface area contributed by atoms with E-state index in [0.717, 1.165) is 5.56 Å². The summed E-state index contributed by atoms with van der Waals surface area (Å²) in [7, 11) is 1.74. The number of pyridine rings is 1. The summed E-state index contributed by atoms with van der Waals surface area (Å²) < 4.78 is 5.12. The van der Waals surface area contributed by atoms with Gasteiger partial charge in [-0.2, -0.15) is 5.10 Å². The number of nitrogens with one attached hydrogen (secondary N) is 3. The van der Waals surface area contributed by atoms with E-state index >= 15 is 0 Å². The van der Waals surface area contributed by atoms with Crippen LogP contribution in [0, 0.1) is 0 Å². The van der Waals surface area contributed by atoms with Crippen molar-refractivity contribution in [3.05, 3.63) is 69.6 Å². The van der Waals surface area contributed by atoms with Crippen molar-refractivity contribution in [2.45, 2.75) is 6.54 Å². The van der Waals surface area contributed by atoms with Gasteiger partial charge in [0, 0.05) is 36.4 Å². The van der Waals surface area contributed by atoms with Crippen molar-refractivity contribution in [2.24, 2.45) is 0 Å². The lowest BCUT2D eigenvalue weighted by molar-refractivity contribution is 0.199. The zero-order valence-corrected chi connectivity index (χ0v) is 15.1. The Labute approximate surface area is 159 Å². The van der Waals surface area contributed by atoms with Crippen LogP contribution in [0.2, 0.25) is 5.02 Å². The van der Waals surface area contributed by atoms with Gasteiger partial charge in [-0.25, -0.2) is 14.9 Å². The minimum absolute atomic E-state index is 0.156. The van der Waals surface area contributed by atoms with Gasteiger partial charge in [0.2, 0.25) is 5.75 Å². The van der Waals surface area contributed by atoms with Crippen molar-refractivity contribution in [1.29, 1.82) is 0 Å². The molecule has 3 rings (SSSR count). The highest BCUT2D eigenvalue weighted by atomic mass is 35.5. The minimum atomic E-state index is -0.752. The minimum Gasteiger partial charge on any atom is -0.404 e. The maximum Gasteiger partial charge on any atom is 0.413 e. The fourth-order valence-electron chi connectivity index (χ4n) is 2.25. The van der Waals surface area contributed by atoms with Gasteiger partial charge in [-0.15, -0.1) is 0 Å². The lowest BCUT2D eigenvalue weighted by Crippen LogP contribution is -2.28. The van der Waals surface area contributed by atoms with Crippen LogP contribution < -0.4 is 20.9 Å². The molecule has 9 heteroatoms. The number of halogens is 1. The predicted molar refractivity (Wildman–Crippen MR) is 102 cm³/mol. The quantitative estimate of drug-likeness (QED) is 0.623. The summed E-state index contributed by atoms with van der Waals surface area (Å²) in [5.74, 6) is 0.486. The molecular weight excluding hydrogens is 370 g/mol. The molecule has 0 unspecified atom stereocenters. The number of nitrogens with zero attached hydrogens (tertiary/aromatic N) is 2. The first kappa shape index (κ1) is 18.4. The van der Waals surface area contributed by atoms with Crippen molar-refractivity contribution in [2.75, 3.05) is 12.4 Å². The second-order valence-electron chi connectivity index (χ2n) is 5.50. The van der Waals surface area contributed by atoms with Gasteiger partial charge in [-0.1, -0.05) is 23.7 Å². The molecule has 27 heavy (non-hydrogen) atoms. The molecule has 138 valence electrons. The number of ether oxygens (including phenoxy) is 1. The van der Waals surface area contributed by atoms with E-state index in [1.165, 1.54) is 6.07 Å². The standard InChI is InChI=1S/C18H16ClN5O3/c1-20-16-8-12(6-7-21-16)14-9-15(17(25)24-23-14)27-18(26)22-10-11-2-4-13(19)5-3-11/h2-9H,10H2,1H3,(H,20,21)(H,22,26)(H,24,25). The lowest BCUT2D eigenvalue weighted by Gasteiger charge is -2.08. The van der Waals surface area contributed by atoms with E-state index < -0.39 is 11.7 Å². The van der Waals surface area contributed by atoms with Gasteiger partial charge in [0.15, 0.2) is 0 Å². The van der Waals surface area contributed by atoms with E-state index in [0.29, 0.717) is 22.1 Å². The number of benzene rings is 1. The molecule has 0 bridgehead atoms. The molecule has 0 aliphatic carbocycles. The van der Waals surface area contributed by atoms with Gasteiger partial charge in [-0.05, 0) is 29.8 Å². The van der Waals surface area contributed by atoms with Gasteiger partial charge >= 0.3 is 11.7 Å². The number of carbonyl (C=O) groups is 1. The zero-order valence-electron chi connectivity index (χ0n) is 14.3. The predicted octanol–water partition coefficient (Wildman–Crippen LogP) is 2.82. The Morgan fingerprint density at radius 2 is 2.00 bits per heavy atom. The third-order valence-electron chi connectivity index (χ3n) is 3.63. The molecule has 0 saturated heterocycles. The molecule has 0 radical (unpaired) electrons. The molecule has 8 nitrogen and oxygen atoms in total. The number of amides is 1. The number of anilines is 1. The first-order chi connectivity index (χ1) is 13.0. The Bertz CT molecular complexity index is 1000. The van der Waals surface area contributed by atoms with Crippen molar-refractivity contribution < 1.29 is 9.53 Å². The van der Waals surface area contributed by atoms with Crippen LogP contribution in [0.5, 0.6) is 5.75 Å². The van der Waals surface area contributed by atoms with Gasteiger partial charge in [-0.3, -0.25) is 4.79 Å². The summed E-state index contributed by atoms with van der Waals surface area (Å²) >= 11 is 5.82. The van der Waals surface area contributed by atoms with Crippen molar-refractivity contribution in [1.82, 2.24) is 20.5 Å². The first-order valence-electron chi connectivity index (χ1n) is 7.99. The molecule has 2 heterocycles. The summed E-state index contributed by atoms with van der Waals surface area (Å²) in [6, 6.07) is 11.9. The van der Waals surface area contributed by atoms with E-state index in [1.54, 1.807) is 49.6 Å². The smallest absolute Gasteiger partial charge is 0.404 e. The van der Waals surface area contributed by atoms with E-state index in [1.807, 2.05) is 0 Å². The molecular formula is C18H16ClN5O3. The highest BCUT2D eigenvalue weighted by Crippen LogP contribution is 2.20. The molecule has 0 aliphatic rings. The molecule has 1 amide bonds. The topological polar surface area (TPSA) is 109 Å². The van der Waals surface area contributed by atoms with Crippen molar-refractivity contribution >= 4 is 23.5 Å². The van der Waals surface area contributed by atoms with Crippen LogP contribution in [0.1, 0.15) is 5.56 Å². The Hall–Kier alpha value is -3.39. The Kier molecular flexibility index (Phi) is 5.68. The second kappa shape index (κ2) is 8.33. The third kappa shape index (κ3) is 4.83. The molecule has 0 spiro atoms. The van der Waals surface area contributed by atoms with Gasteiger partial charge in [0.05, 0.1) is 5.69 Å². The Morgan fingerprint density at radius 1 is 1.22 bits per heavy atom. The highest BCUT2D eigenvalue weighted by molar-refractivity contribution is 6.30. The number of hydrogen-bond donors (Lipinski definition) is 3. The van der Waals surface area contributed by atoms with Crippen LogP contribution in [0.15, 0.2) is 53.5 Å². The summed E-state index contributed by atoms with van der Waals surface area (Å²) in [5.41, 5.74) is 1.38. The Balaban J connectivity index is 1.71. The maximum absolute atomic E-state index is 12.0. The van der Waals surface area contributed by atoms with E-state index in [2.05, 4.69) is 25.8 Å². The monoisotopic (exact) mass is 385 g/mol. The normalized spacial score (nSPS) is 10.3. The van der Waals surface area contributed by atoms with E-state index in [4.69, 9.17) is 16.3 Å². The second-order valence-corrected chi connectivity index (χ2v) is 5.93. The number of hydrogen-bond acceptors (Lipinski definition) is 6. The van der Waals surface area contributed by atoms with Crippen LogP contribution in [0.4, 0.5) is 10.6 Å². The lowest BCUT2D eigenvalue weighted by atomic mass is 10.2. The van der Waals surface area contributed by atoms with Crippen LogP contribution >= 0.6 is 11.6 Å². The number of rotatable bonds is 5. The highest BCUT2D eigenvalue weighted by Gasteiger charge is 2.11.